The summed E-state index contributed by atoms with van der Waals surface area (Å²) in [6.45, 7) is 1.74. The van der Waals surface area contributed by atoms with Gasteiger partial charge in [0.05, 0.1) is 23.0 Å². The largest absolute Gasteiger partial charge is 0.454 e. The van der Waals surface area contributed by atoms with Crippen LogP contribution in [-0.2, 0) is 9.84 Å². The third-order valence-corrected chi connectivity index (χ3v) is 6.52. The molecule has 1 heterocycles. The van der Waals surface area contributed by atoms with Crippen molar-refractivity contribution < 1.29 is 17.5 Å². The Hall–Kier alpha value is -3.00. The Labute approximate surface area is 174 Å². The number of sulfone groups is 1. The number of aryl methyl sites for hydroxylation is 1. The van der Waals surface area contributed by atoms with Crippen molar-refractivity contribution in [1.29, 1.82) is 0 Å². The first-order valence-electron chi connectivity index (χ1n) is 9.63. The monoisotopic (exact) mass is 427 g/mol. The van der Waals surface area contributed by atoms with Gasteiger partial charge < -0.3 is 10.5 Å². The standard InChI is InChI=1S/C22H22FN3O3S/c1-13-10-15(30(2,27)28)6-9-19(13)29-22-16(14-4-3-5-14)7-8-17(21(22)23)18-11-26-20(24)12-25-18/h6-12,14H,3-5H2,1-2H3,(H2,24,26). The zero-order valence-electron chi connectivity index (χ0n) is 16.7. The van der Waals surface area contributed by atoms with Gasteiger partial charge in [-0.15, -0.1) is 0 Å². The Morgan fingerprint density at radius 2 is 1.90 bits per heavy atom. The van der Waals surface area contributed by atoms with Crippen molar-refractivity contribution in [3.63, 3.8) is 0 Å². The number of nitrogen functional groups attached to an aromatic ring is 1. The first-order chi connectivity index (χ1) is 14.2. The fourth-order valence-electron chi connectivity index (χ4n) is 3.47. The normalized spacial score (nSPS) is 14.4. The molecule has 1 aliphatic rings. The summed E-state index contributed by atoms with van der Waals surface area (Å²) < 4.78 is 45.2. The van der Waals surface area contributed by atoms with E-state index < -0.39 is 15.7 Å². The lowest BCUT2D eigenvalue weighted by atomic mass is 9.79. The molecule has 1 aromatic heterocycles. The van der Waals surface area contributed by atoms with Crippen molar-refractivity contribution >= 4 is 15.7 Å². The molecule has 0 saturated heterocycles. The zero-order valence-corrected chi connectivity index (χ0v) is 17.5. The van der Waals surface area contributed by atoms with E-state index in [4.69, 9.17) is 10.5 Å². The van der Waals surface area contributed by atoms with Crippen LogP contribution in [0.2, 0.25) is 0 Å². The fraction of sp³-hybridized carbons (Fsp3) is 0.273. The highest BCUT2D eigenvalue weighted by molar-refractivity contribution is 7.90. The van der Waals surface area contributed by atoms with Gasteiger partial charge in [0.2, 0.25) is 0 Å². The molecule has 2 N–H and O–H groups in total. The minimum Gasteiger partial charge on any atom is -0.454 e. The summed E-state index contributed by atoms with van der Waals surface area (Å²) in [5.41, 5.74) is 7.62. The van der Waals surface area contributed by atoms with E-state index in [1.54, 1.807) is 19.1 Å². The van der Waals surface area contributed by atoms with Gasteiger partial charge in [0, 0.05) is 17.4 Å². The first-order valence-corrected chi connectivity index (χ1v) is 11.5. The van der Waals surface area contributed by atoms with E-state index >= 15 is 4.39 Å². The van der Waals surface area contributed by atoms with E-state index in [9.17, 15) is 8.42 Å². The van der Waals surface area contributed by atoms with Crippen LogP contribution >= 0.6 is 0 Å². The van der Waals surface area contributed by atoms with Crippen LogP contribution in [-0.4, -0.2) is 24.6 Å². The van der Waals surface area contributed by atoms with Gasteiger partial charge in [-0.1, -0.05) is 12.5 Å². The molecule has 156 valence electrons. The molecule has 1 aliphatic carbocycles. The van der Waals surface area contributed by atoms with Crippen LogP contribution in [0.3, 0.4) is 0 Å². The number of anilines is 1. The maximum Gasteiger partial charge on any atom is 0.175 e. The molecule has 2 aromatic carbocycles. The predicted octanol–water partition coefficient (Wildman–Crippen LogP) is 4.64. The molecule has 30 heavy (non-hydrogen) atoms. The van der Waals surface area contributed by atoms with Crippen LogP contribution < -0.4 is 10.5 Å². The lowest BCUT2D eigenvalue weighted by molar-refractivity contribution is 0.383. The fourth-order valence-corrected chi connectivity index (χ4v) is 4.17. The Balaban J connectivity index is 1.79. The van der Waals surface area contributed by atoms with Crippen molar-refractivity contribution in [2.45, 2.75) is 37.0 Å². The molecular formula is C22H22FN3O3S. The molecule has 0 amide bonds. The van der Waals surface area contributed by atoms with Gasteiger partial charge in [-0.05, 0) is 55.5 Å². The molecule has 0 spiro atoms. The summed E-state index contributed by atoms with van der Waals surface area (Å²) in [4.78, 5) is 8.36. The highest BCUT2D eigenvalue weighted by atomic mass is 32.2. The number of hydrogen-bond acceptors (Lipinski definition) is 6. The third kappa shape index (κ3) is 3.87. The molecule has 0 unspecified atom stereocenters. The minimum atomic E-state index is -3.34. The van der Waals surface area contributed by atoms with E-state index in [1.165, 1.54) is 24.5 Å². The van der Waals surface area contributed by atoms with Crippen molar-refractivity contribution in [3.05, 3.63) is 59.7 Å². The molecule has 1 saturated carbocycles. The molecule has 4 rings (SSSR count). The van der Waals surface area contributed by atoms with Crippen LogP contribution in [0, 0.1) is 12.7 Å². The molecular weight excluding hydrogens is 405 g/mol. The van der Waals surface area contributed by atoms with Crippen molar-refractivity contribution in [2.24, 2.45) is 0 Å². The second kappa shape index (κ2) is 7.68. The maximum absolute atomic E-state index is 15.6. The van der Waals surface area contributed by atoms with Gasteiger partial charge >= 0.3 is 0 Å². The van der Waals surface area contributed by atoms with Crippen LogP contribution in [0.15, 0.2) is 47.6 Å². The number of nitrogens with two attached hydrogens (primary N) is 1. The Morgan fingerprint density at radius 3 is 2.47 bits per heavy atom. The smallest absolute Gasteiger partial charge is 0.175 e. The molecule has 8 heteroatoms. The quantitative estimate of drug-likeness (QED) is 0.637. The van der Waals surface area contributed by atoms with Crippen molar-refractivity contribution in [1.82, 2.24) is 9.97 Å². The molecule has 1 fully saturated rings. The summed E-state index contributed by atoms with van der Waals surface area (Å²) in [5.74, 6) is 0.512. The van der Waals surface area contributed by atoms with Crippen LogP contribution in [0.5, 0.6) is 11.5 Å². The first kappa shape index (κ1) is 20.3. The second-order valence-corrected chi connectivity index (χ2v) is 9.62. The Bertz CT molecular complexity index is 1210. The lowest BCUT2D eigenvalue weighted by Crippen LogP contribution is -2.11. The van der Waals surface area contributed by atoms with Crippen LogP contribution in [0.1, 0.15) is 36.3 Å². The van der Waals surface area contributed by atoms with Gasteiger partial charge in [0.1, 0.15) is 11.6 Å². The maximum atomic E-state index is 15.6. The predicted molar refractivity (Wildman–Crippen MR) is 113 cm³/mol. The number of benzene rings is 2. The number of hydrogen-bond donors (Lipinski definition) is 1. The summed E-state index contributed by atoms with van der Waals surface area (Å²) >= 11 is 0. The molecule has 0 radical (unpaired) electrons. The molecule has 0 aliphatic heterocycles. The number of aromatic nitrogens is 2. The Morgan fingerprint density at radius 1 is 1.13 bits per heavy atom. The van der Waals surface area contributed by atoms with E-state index in [-0.39, 0.29) is 27.9 Å². The summed E-state index contributed by atoms with van der Waals surface area (Å²) in [5, 5.41) is 0. The summed E-state index contributed by atoms with van der Waals surface area (Å²) in [6, 6.07) is 8.12. The lowest BCUT2D eigenvalue weighted by Gasteiger charge is -2.28. The minimum absolute atomic E-state index is 0.144. The van der Waals surface area contributed by atoms with Gasteiger partial charge in [-0.3, -0.25) is 4.98 Å². The highest BCUT2D eigenvalue weighted by Crippen LogP contribution is 2.45. The van der Waals surface area contributed by atoms with Crippen molar-refractivity contribution in [2.75, 3.05) is 12.0 Å². The SMILES string of the molecule is Cc1cc(S(C)(=O)=O)ccc1Oc1c(C2CCC2)ccc(-c2cnc(N)cn2)c1F. The number of nitrogens with zero attached hydrogens (tertiary/aromatic N) is 2. The molecule has 3 aromatic rings. The summed E-state index contributed by atoms with van der Waals surface area (Å²) in [7, 11) is -3.34. The van der Waals surface area contributed by atoms with E-state index in [2.05, 4.69) is 9.97 Å². The average molecular weight is 428 g/mol. The number of rotatable bonds is 5. The molecule has 6 nitrogen and oxygen atoms in total. The van der Waals surface area contributed by atoms with Crippen LogP contribution in [0.4, 0.5) is 10.2 Å². The van der Waals surface area contributed by atoms with E-state index in [1.807, 2.05) is 6.07 Å². The molecule has 0 bridgehead atoms. The van der Waals surface area contributed by atoms with Gasteiger partial charge in [-0.2, -0.15) is 0 Å². The van der Waals surface area contributed by atoms with Gasteiger partial charge in [0.15, 0.2) is 21.4 Å². The average Bonchev–Trinajstić information content (AvgIpc) is 2.64. The topological polar surface area (TPSA) is 95.2 Å². The third-order valence-electron chi connectivity index (χ3n) is 5.41. The van der Waals surface area contributed by atoms with Gasteiger partial charge in [0.25, 0.3) is 0 Å². The van der Waals surface area contributed by atoms with E-state index in [0.29, 0.717) is 17.0 Å². The Kier molecular flexibility index (Phi) is 5.19. The van der Waals surface area contributed by atoms with Crippen molar-refractivity contribution in [3.8, 4) is 22.8 Å². The van der Waals surface area contributed by atoms with Gasteiger partial charge in [-0.25, -0.2) is 17.8 Å². The summed E-state index contributed by atoms with van der Waals surface area (Å²) in [6.07, 6.45) is 6.99. The van der Waals surface area contributed by atoms with E-state index in [0.717, 1.165) is 31.1 Å². The number of ether oxygens (including phenoxy) is 1. The second-order valence-electron chi connectivity index (χ2n) is 7.60. The highest BCUT2D eigenvalue weighted by Gasteiger charge is 2.27. The number of halogens is 1. The zero-order chi connectivity index (χ0) is 21.5. The van der Waals surface area contributed by atoms with Crippen LogP contribution in [0.25, 0.3) is 11.3 Å². The molecule has 0 atom stereocenters.